The normalized spacial score (nSPS) is 29.8. The molecular formula is C20H34N4O3. The summed E-state index contributed by atoms with van der Waals surface area (Å²) in [6.07, 6.45) is 6.39. The summed E-state index contributed by atoms with van der Waals surface area (Å²) in [7, 11) is 0. The molecule has 0 aromatic carbocycles. The minimum Gasteiger partial charge on any atom is -0.350 e. The molecule has 1 spiro atoms. The van der Waals surface area contributed by atoms with Gasteiger partial charge in [0.25, 0.3) is 5.91 Å². The lowest BCUT2D eigenvalue weighted by atomic mass is 9.65. The smallest absolute Gasteiger partial charge is 0.325 e. The van der Waals surface area contributed by atoms with Crippen LogP contribution >= 0.6 is 0 Å². The third-order valence-electron chi connectivity index (χ3n) is 7.19. The summed E-state index contributed by atoms with van der Waals surface area (Å²) in [6, 6.07) is -0.502. The number of imide groups is 1. The highest BCUT2D eigenvalue weighted by molar-refractivity contribution is 6.09. The summed E-state index contributed by atoms with van der Waals surface area (Å²) in [5.74, 6) is 0.439. The van der Waals surface area contributed by atoms with Crippen LogP contribution in [0.25, 0.3) is 0 Å². The van der Waals surface area contributed by atoms with Crippen molar-refractivity contribution in [3.8, 4) is 0 Å². The molecule has 1 atom stereocenters. The third kappa shape index (κ3) is 3.98. The average Bonchev–Trinajstić information content (AvgIpc) is 3.45. The van der Waals surface area contributed by atoms with Gasteiger partial charge in [0.15, 0.2) is 0 Å². The minimum absolute atomic E-state index is 0.0565. The van der Waals surface area contributed by atoms with Crippen molar-refractivity contribution in [3.05, 3.63) is 0 Å². The molecule has 1 aliphatic heterocycles. The van der Waals surface area contributed by atoms with Gasteiger partial charge < -0.3 is 16.4 Å². The first-order valence-electron chi connectivity index (χ1n) is 10.4. The first-order valence-corrected chi connectivity index (χ1v) is 10.4. The van der Waals surface area contributed by atoms with Crippen molar-refractivity contribution in [2.45, 2.75) is 77.3 Å². The number of carbonyl (C=O) groups excluding carboxylic acids is 3. The number of rotatable bonds is 7. The Balaban J connectivity index is 1.59. The van der Waals surface area contributed by atoms with Crippen LogP contribution < -0.4 is 16.4 Å². The Labute approximate surface area is 161 Å². The Kier molecular flexibility index (Phi) is 5.52. The van der Waals surface area contributed by atoms with E-state index in [4.69, 9.17) is 5.73 Å². The van der Waals surface area contributed by atoms with Gasteiger partial charge in [-0.15, -0.1) is 0 Å². The molecule has 7 heteroatoms. The van der Waals surface area contributed by atoms with E-state index in [9.17, 15) is 14.4 Å². The van der Waals surface area contributed by atoms with Crippen LogP contribution in [-0.2, 0) is 9.59 Å². The molecule has 1 heterocycles. The zero-order chi connectivity index (χ0) is 19.8. The molecule has 0 bridgehead atoms. The predicted molar refractivity (Wildman–Crippen MR) is 103 cm³/mol. The molecule has 4 amide bonds. The highest BCUT2D eigenvalue weighted by Gasteiger charge is 2.53. The van der Waals surface area contributed by atoms with Crippen molar-refractivity contribution in [3.63, 3.8) is 0 Å². The van der Waals surface area contributed by atoms with E-state index in [1.807, 2.05) is 0 Å². The van der Waals surface area contributed by atoms with Crippen LogP contribution in [0.1, 0.15) is 65.7 Å². The van der Waals surface area contributed by atoms with Gasteiger partial charge in [0, 0.05) is 12.6 Å². The van der Waals surface area contributed by atoms with Crippen molar-refractivity contribution in [2.24, 2.45) is 23.0 Å². The van der Waals surface area contributed by atoms with E-state index in [2.05, 4.69) is 31.4 Å². The lowest BCUT2D eigenvalue weighted by molar-refractivity contribution is -0.136. The fourth-order valence-corrected chi connectivity index (χ4v) is 4.60. The Hall–Kier alpha value is -1.63. The quantitative estimate of drug-likeness (QED) is 0.587. The van der Waals surface area contributed by atoms with E-state index < -0.39 is 11.6 Å². The van der Waals surface area contributed by atoms with Crippen molar-refractivity contribution >= 4 is 17.8 Å². The lowest BCUT2D eigenvalue weighted by Crippen LogP contribution is -2.51. The van der Waals surface area contributed by atoms with Gasteiger partial charge >= 0.3 is 6.03 Å². The van der Waals surface area contributed by atoms with E-state index in [1.165, 1.54) is 0 Å². The second-order valence-electron chi connectivity index (χ2n) is 9.27. The van der Waals surface area contributed by atoms with Crippen LogP contribution in [0.2, 0.25) is 0 Å². The molecule has 2 aliphatic carbocycles. The highest BCUT2D eigenvalue weighted by Crippen LogP contribution is 2.45. The molecule has 1 unspecified atom stereocenters. The van der Waals surface area contributed by atoms with E-state index in [0.717, 1.165) is 37.0 Å². The third-order valence-corrected chi connectivity index (χ3v) is 7.19. The van der Waals surface area contributed by atoms with Crippen LogP contribution in [0.4, 0.5) is 4.79 Å². The molecule has 1 saturated heterocycles. The van der Waals surface area contributed by atoms with Gasteiger partial charge in [0.1, 0.15) is 12.1 Å². The van der Waals surface area contributed by atoms with Gasteiger partial charge in [0.2, 0.25) is 5.91 Å². The Morgan fingerprint density at radius 1 is 1.30 bits per heavy atom. The average molecular weight is 379 g/mol. The van der Waals surface area contributed by atoms with Gasteiger partial charge in [-0.05, 0) is 55.8 Å². The lowest BCUT2D eigenvalue weighted by Gasteiger charge is -2.42. The van der Waals surface area contributed by atoms with Crippen LogP contribution in [0, 0.1) is 17.3 Å². The van der Waals surface area contributed by atoms with Crippen molar-refractivity contribution < 1.29 is 14.4 Å². The largest absolute Gasteiger partial charge is 0.350 e. The summed E-state index contributed by atoms with van der Waals surface area (Å²) in [5.41, 5.74) is 5.15. The Morgan fingerprint density at radius 2 is 1.93 bits per heavy atom. The zero-order valence-corrected chi connectivity index (χ0v) is 16.8. The SMILES string of the molecule is CCC(C)(C)C1CCC2(CC1)NC(=O)N(CC(=O)NC(CN)C1CC1)C2=O. The molecule has 0 aromatic heterocycles. The number of nitrogens with zero attached hydrogens (tertiary/aromatic N) is 1. The first-order chi connectivity index (χ1) is 12.7. The molecule has 4 N–H and O–H groups in total. The van der Waals surface area contributed by atoms with Gasteiger partial charge in [-0.1, -0.05) is 27.2 Å². The van der Waals surface area contributed by atoms with E-state index in [0.29, 0.717) is 31.2 Å². The van der Waals surface area contributed by atoms with Crippen LogP contribution in [0.3, 0.4) is 0 Å². The molecule has 2 saturated carbocycles. The maximum Gasteiger partial charge on any atom is 0.325 e. The summed E-state index contributed by atoms with van der Waals surface area (Å²) in [4.78, 5) is 38.8. The van der Waals surface area contributed by atoms with Crippen molar-refractivity contribution in [2.75, 3.05) is 13.1 Å². The van der Waals surface area contributed by atoms with Crippen molar-refractivity contribution in [1.29, 1.82) is 0 Å². The first kappa shape index (κ1) is 20.1. The number of hydrogen-bond donors (Lipinski definition) is 3. The maximum atomic E-state index is 13.0. The van der Waals surface area contributed by atoms with Gasteiger partial charge in [0.05, 0.1) is 0 Å². The molecule has 3 rings (SSSR count). The fourth-order valence-electron chi connectivity index (χ4n) is 4.60. The minimum atomic E-state index is -0.818. The summed E-state index contributed by atoms with van der Waals surface area (Å²) in [5, 5.41) is 5.78. The monoisotopic (exact) mass is 378 g/mol. The standard InChI is InChI=1S/C20H34N4O3/c1-4-19(2,3)14-7-9-20(10-8-14)17(26)24(18(27)23-20)12-16(25)22-15(11-21)13-5-6-13/h13-15H,4-12,21H2,1-3H3,(H,22,25)(H,23,27). The summed E-state index contributed by atoms with van der Waals surface area (Å²) in [6.45, 7) is 6.90. The molecule has 7 nitrogen and oxygen atoms in total. The molecule has 0 radical (unpaired) electrons. The maximum absolute atomic E-state index is 13.0. The topological polar surface area (TPSA) is 105 Å². The van der Waals surface area contributed by atoms with E-state index in [-0.39, 0.29) is 29.8 Å². The molecule has 27 heavy (non-hydrogen) atoms. The predicted octanol–water partition coefficient (Wildman–Crippen LogP) is 1.76. The van der Waals surface area contributed by atoms with Gasteiger partial charge in [-0.2, -0.15) is 0 Å². The molecule has 3 aliphatic rings. The number of amides is 4. The molecule has 0 aromatic rings. The van der Waals surface area contributed by atoms with E-state index in [1.54, 1.807) is 0 Å². The van der Waals surface area contributed by atoms with Crippen LogP contribution in [0.5, 0.6) is 0 Å². The summed E-state index contributed by atoms with van der Waals surface area (Å²) >= 11 is 0. The van der Waals surface area contributed by atoms with Crippen molar-refractivity contribution in [1.82, 2.24) is 15.5 Å². The van der Waals surface area contributed by atoms with Gasteiger partial charge in [-0.25, -0.2) is 4.79 Å². The van der Waals surface area contributed by atoms with Crippen LogP contribution in [0.15, 0.2) is 0 Å². The van der Waals surface area contributed by atoms with Gasteiger partial charge in [-0.3, -0.25) is 14.5 Å². The second-order valence-corrected chi connectivity index (χ2v) is 9.27. The van der Waals surface area contributed by atoms with Crippen LogP contribution in [-0.4, -0.2) is 47.4 Å². The molecule has 152 valence electrons. The molecular weight excluding hydrogens is 344 g/mol. The number of nitrogens with two attached hydrogens (primary N) is 1. The number of hydrogen-bond acceptors (Lipinski definition) is 4. The highest BCUT2D eigenvalue weighted by atomic mass is 16.2. The number of carbonyl (C=O) groups is 3. The molecule has 3 fully saturated rings. The zero-order valence-electron chi connectivity index (χ0n) is 16.8. The Bertz CT molecular complexity index is 606. The number of urea groups is 1. The second kappa shape index (κ2) is 7.41. The fraction of sp³-hybridized carbons (Fsp3) is 0.850. The Morgan fingerprint density at radius 3 is 2.44 bits per heavy atom. The number of nitrogens with one attached hydrogen (secondary N) is 2. The van der Waals surface area contributed by atoms with E-state index >= 15 is 0 Å². The summed E-state index contributed by atoms with van der Waals surface area (Å²) < 4.78 is 0.